The molecule has 0 radical (unpaired) electrons. The van der Waals surface area contributed by atoms with E-state index in [-0.39, 0.29) is 11.4 Å². The summed E-state index contributed by atoms with van der Waals surface area (Å²) in [6, 6.07) is 6.78. The summed E-state index contributed by atoms with van der Waals surface area (Å²) in [6.45, 7) is 0.726. The van der Waals surface area contributed by atoms with Crippen LogP contribution in [0, 0.1) is 23.3 Å². The van der Waals surface area contributed by atoms with Gasteiger partial charge in [0, 0.05) is 17.7 Å². The third kappa shape index (κ3) is 2.89. The highest BCUT2D eigenvalue weighted by molar-refractivity contribution is 5.79. The van der Waals surface area contributed by atoms with E-state index in [2.05, 4.69) is 15.3 Å². The molecule has 132 valence electrons. The van der Waals surface area contributed by atoms with Crippen LogP contribution in [0.2, 0.25) is 0 Å². The summed E-state index contributed by atoms with van der Waals surface area (Å²) in [5, 5.41) is 3.12. The molecular formula is C19H13F4N3. The van der Waals surface area contributed by atoms with Gasteiger partial charge in [0.1, 0.15) is 5.82 Å². The molecule has 0 saturated heterocycles. The van der Waals surface area contributed by atoms with Crippen LogP contribution in [0.4, 0.5) is 23.4 Å². The molecule has 0 spiro atoms. The minimum absolute atomic E-state index is 0.267. The molecule has 0 bridgehead atoms. The predicted octanol–water partition coefficient (Wildman–Crippen LogP) is 4.73. The molecule has 0 fully saturated rings. The summed E-state index contributed by atoms with van der Waals surface area (Å²) in [6.07, 6.45) is 1.55. The van der Waals surface area contributed by atoms with E-state index >= 15 is 0 Å². The van der Waals surface area contributed by atoms with E-state index in [1.807, 2.05) is 0 Å². The summed E-state index contributed by atoms with van der Waals surface area (Å²) in [7, 11) is 0. The Balaban J connectivity index is 1.95. The van der Waals surface area contributed by atoms with Gasteiger partial charge in [-0.15, -0.1) is 0 Å². The number of hydrogen-bond acceptors (Lipinski definition) is 3. The van der Waals surface area contributed by atoms with Crippen molar-refractivity contribution >= 4 is 5.82 Å². The van der Waals surface area contributed by atoms with Gasteiger partial charge in [0.05, 0.1) is 17.1 Å². The van der Waals surface area contributed by atoms with Crippen LogP contribution < -0.4 is 5.32 Å². The van der Waals surface area contributed by atoms with Gasteiger partial charge in [-0.05, 0) is 49.2 Å². The Hall–Kier alpha value is -2.96. The molecule has 0 atom stereocenters. The summed E-state index contributed by atoms with van der Waals surface area (Å²) in [5.74, 6) is -3.44. The number of benzene rings is 2. The van der Waals surface area contributed by atoms with E-state index in [4.69, 9.17) is 0 Å². The van der Waals surface area contributed by atoms with Crippen molar-refractivity contribution in [2.45, 2.75) is 12.8 Å². The molecule has 3 nitrogen and oxygen atoms in total. The number of aromatic nitrogens is 2. The quantitative estimate of drug-likeness (QED) is 0.673. The topological polar surface area (TPSA) is 37.8 Å². The first kappa shape index (κ1) is 16.5. The summed E-state index contributed by atoms with van der Waals surface area (Å²) in [4.78, 5) is 9.06. The molecule has 0 unspecified atom stereocenters. The van der Waals surface area contributed by atoms with Crippen LogP contribution in [-0.4, -0.2) is 16.5 Å². The lowest BCUT2D eigenvalue weighted by atomic mass is 10.0. The molecule has 26 heavy (non-hydrogen) atoms. The van der Waals surface area contributed by atoms with Crippen molar-refractivity contribution in [1.29, 1.82) is 0 Å². The molecule has 2 aromatic carbocycles. The Morgan fingerprint density at radius 1 is 0.731 bits per heavy atom. The van der Waals surface area contributed by atoms with E-state index in [1.165, 1.54) is 12.1 Å². The molecule has 1 aromatic heterocycles. The Kier molecular flexibility index (Phi) is 4.06. The maximum Gasteiger partial charge on any atom is 0.159 e. The molecule has 3 aromatic rings. The maximum absolute atomic E-state index is 13.7. The fraction of sp³-hybridized carbons (Fsp3) is 0.158. The van der Waals surface area contributed by atoms with Gasteiger partial charge in [-0.25, -0.2) is 27.5 Å². The fourth-order valence-electron chi connectivity index (χ4n) is 2.94. The van der Waals surface area contributed by atoms with Crippen LogP contribution >= 0.6 is 0 Å². The van der Waals surface area contributed by atoms with E-state index < -0.39 is 23.3 Å². The van der Waals surface area contributed by atoms with Crippen LogP contribution in [0.3, 0.4) is 0 Å². The lowest BCUT2D eigenvalue weighted by molar-refractivity contribution is 0.509. The third-order valence-corrected chi connectivity index (χ3v) is 4.24. The monoisotopic (exact) mass is 359 g/mol. The van der Waals surface area contributed by atoms with Crippen molar-refractivity contribution in [3.63, 3.8) is 0 Å². The van der Waals surface area contributed by atoms with Crippen molar-refractivity contribution in [2.75, 3.05) is 11.9 Å². The molecule has 0 amide bonds. The molecule has 4 rings (SSSR count). The molecule has 2 heterocycles. The van der Waals surface area contributed by atoms with Crippen LogP contribution in [0.5, 0.6) is 0 Å². The number of nitrogens with one attached hydrogen (secondary N) is 1. The van der Waals surface area contributed by atoms with Gasteiger partial charge >= 0.3 is 0 Å². The van der Waals surface area contributed by atoms with E-state index in [9.17, 15) is 17.6 Å². The van der Waals surface area contributed by atoms with Gasteiger partial charge in [0.15, 0.2) is 23.3 Å². The molecule has 0 saturated carbocycles. The number of halogens is 4. The van der Waals surface area contributed by atoms with Gasteiger partial charge < -0.3 is 5.32 Å². The Morgan fingerprint density at radius 2 is 1.31 bits per heavy atom. The van der Waals surface area contributed by atoms with Crippen molar-refractivity contribution in [1.82, 2.24) is 9.97 Å². The molecule has 0 aliphatic carbocycles. The number of fused-ring (bicyclic) bond motifs is 1. The van der Waals surface area contributed by atoms with Gasteiger partial charge in [0.25, 0.3) is 0 Å². The lowest BCUT2D eigenvalue weighted by Gasteiger charge is -2.19. The van der Waals surface area contributed by atoms with Gasteiger partial charge in [0.2, 0.25) is 0 Å². The normalized spacial score (nSPS) is 13.2. The van der Waals surface area contributed by atoms with Gasteiger partial charge in [-0.1, -0.05) is 0 Å². The van der Waals surface area contributed by atoms with Crippen molar-refractivity contribution in [3.8, 4) is 22.5 Å². The van der Waals surface area contributed by atoms with E-state index in [1.54, 1.807) is 0 Å². The molecule has 1 N–H and O–H groups in total. The van der Waals surface area contributed by atoms with Crippen molar-refractivity contribution in [3.05, 3.63) is 65.4 Å². The first-order valence-corrected chi connectivity index (χ1v) is 8.08. The fourth-order valence-corrected chi connectivity index (χ4v) is 2.94. The number of hydrogen-bond donors (Lipinski definition) is 1. The zero-order valence-electron chi connectivity index (χ0n) is 13.5. The summed E-state index contributed by atoms with van der Waals surface area (Å²) in [5.41, 5.74) is 1.86. The van der Waals surface area contributed by atoms with Crippen molar-refractivity contribution < 1.29 is 17.6 Å². The number of nitrogens with zero attached hydrogens (tertiary/aromatic N) is 2. The highest BCUT2D eigenvalue weighted by Gasteiger charge is 2.20. The second-order valence-electron chi connectivity index (χ2n) is 6.00. The highest BCUT2D eigenvalue weighted by atomic mass is 19.2. The Labute approximate surface area is 146 Å². The summed E-state index contributed by atoms with van der Waals surface area (Å²) < 4.78 is 54.0. The van der Waals surface area contributed by atoms with E-state index in [0.717, 1.165) is 37.2 Å². The second-order valence-corrected chi connectivity index (χ2v) is 6.00. The largest absolute Gasteiger partial charge is 0.369 e. The zero-order chi connectivity index (χ0) is 18.3. The first-order valence-electron chi connectivity index (χ1n) is 8.08. The number of rotatable bonds is 2. The second kappa shape index (κ2) is 6.40. The van der Waals surface area contributed by atoms with Crippen LogP contribution in [0.15, 0.2) is 36.4 Å². The van der Waals surface area contributed by atoms with Crippen LogP contribution in [-0.2, 0) is 6.42 Å². The first-order chi connectivity index (χ1) is 12.5. The standard InChI is InChI=1S/C19H13F4N3/c20-12-5-3-10(8-14(12)22)17-18(11-4-6-13(21)15(23)9-11)26-19-16(25-17)2-1-7-24-19/h3-6,8-9H,1-2,7H2,(H,24,26). The SMILES string of the molecule is Fc1ccc(-c2nc3c(nc2-c2ccc(F)c(F)c2)NCCC3)cc1F. The summed E-state index contributed by atoms with van der Waals surface area (Å²) >= 11 is 0. The Morgan fingerprint density at radius 3 is 1.88 bits per heavy atom. The van der Waals surface area contributed by atoms with Gasteiger partial charge in [-0.3, -0.25) is 0 Å². The van der Waals surface area contributed by atoms with Crippen LogP contribution in [0.1, 0.15) is 12.1 Å². The molecule has 1 aliphatic rings. The minimum Gasteiger partial charge on any atom is -0.369 e. The smallest absolute Gasteiger partial charge is 0.159 e. The number of anilines is 1. The zero-order valence-corrected chi connectivity index (χ0v) is 13.5. The Bertz CT molecular complexity index is 924. The van der Waals surface area contributed by atoms with Crippen molar-refractivity contribution in [2.24, 2.45) is 0 Å². The lowest BCUT2D eigenvalue weighted by Crippen LogP contribution is -2.16. The van der Waals surface area contributed by atoms with Crippen LogP contribution in [0.25, 0.3) is 22.5 Å². The number of aryl methyl sites for hydroxylation is 1. The molecule has 7 heteroatoms. The maximum atomic E-state index is 13.7. The average molecular weight is 359 g/mol. The molecule has 1 aliphatic heterocycles. The highest BCUT2D eigenvalue weighted by Crippen LogP contribution is 2.34. The van der Waals surface area contributed by atoms with E-state index in [0.29, 0.717) is 29.1 Å². The van der Waals surface area contributed by atoms with Gasteiger partial charge in [-0.2, -0.15) is 0 Å². The predicted molar refractivity (Wildman–Crippen MR) is 89.5 cm³/mol. The average Bonchev–Trinajstić information content (AvgIpc) is 2.65. The third-order valence-electron chi connectivity index (χ3n) is 4.24. The minimum atomic E-state index is -1.02. The molecular weight excluding hydrogens is 346 g/mol.